The van der Waals surface area contributed by atoms with Crippen LogP contribution in [-0.2, 0) is 0 Å². The van der Waals surface area contributed by atoms with E-state index >= 15 is 0 Å². The molecular formula is C13H26S4. The van der Waals surface area contributed by atoms with Crippen molar-refractivity contribution in [3.63, 3.8) is 0 Å². The van der Waals surface area contributed by atoms with Crippen LogP contribution in [0.25, 0.3) is 0 Å². The Hall–Kier alpha value is 1.14. The van der Waals surface area contributed by atoms with Gasteiger partial charge in [0.25, 0.3) is 0 Å². The van der Waals surface area contributed by atoms with E-state index < -0.39 is 0 Å². The zero-order chi connectivity index (χ0) is 12.8. The molecule has 0 radical (unpaired) electrons. The minimum atomic E-state index is 0.752. The second-order valence-corrected chi connectivity index (χ2v) is 8.50. The van der Waals surface area contributed by atoms with E-state index in [0.717, 1.165) is 3.53 Å². The number of hydrogen-bond acceptors (Lipinski definition) is 3. The summed E-state index contributed by atoms with van der Waals surface area (Å²) in [6.07, 6.45) is 14.1. The van der Waals surface area contributed by atoms with Crippen molar-refractivity contribution >= 4 is 50.0 Å². The molecule has 17 heavy (non-hydrogen) atoms. The van der Waals surface area contributed by atoms with Gasteiger partial charge in [-0.25, -0.2) is 0 Å². The van der Waals surface area contributed by atoms with Gasteiger partial charge in [0.05, 0.1) is 0 Å². The zero-order valence-corrected chi connectivity index (χ0v) is 14.3. The lowest BCUT2D eigenvalue weighted by molar-refractivity contribution is 0.563. The molecule has 0 nitrogen and oxygen atoms in total. The van der Waals surface area contributed by atoms with E-state index in [4.69, 9.17) is 12.2 Å². The third-order valence-electron chi connectivity index (χ3n) is 2.71. The second-order valence-electron chi connectivity index (χ2n) is 4.35. The molecule has 0 spiro atoms. The van der Waals surface area contributed by atoms with Crippen LogP contribution >= 0.6 is 46.4 Å². The molecule has 0 rings (SSSR count). The first kappa shape index (κ1) is 18.1. The van der Waals surface area contributed by atoms with Crippen molar-refractivity contribution in [2.45, 2.75) is 71.1 Å². The van der Waals surface area contributed by atoms with Crippen LogP contribution in [0.3, 0.4) is 0 Å². The topological polar surface area (TPSA) is 0 Å². The van der Waals surface area contributed by atoms with Crippen LogP contribution in [0.4, 0.5) is 0 Å². The van der Waals surface area contributed by atoms with Gasteiger partial charge in [-0.1, -0.05) is 87.7 Å². The molecule has 0 aliphatic carbocycles. The smallest absolute Gasteiger partial charge is 0.111 e. The van der Waals surface area contributed by atoms with E-state index in [-0.39, 0.29) is 0 Å². The average molecular weight is 311 g/mol. The molecule has 0 aliphatic heterocycles. The first-order chi connectivity index (χ1) is 8.27. The molecule has 0 saturated carbocycles. The highest BCUT2D eigenvalue weighted by Crippen LogP contribution is 2.26. The van der Waals surface area contributed by atoms with Crippen molar-refractivity contribution < 1.29 is 0 Å². The number of rotatable bonds is 12. The molecule has 102 valence electrons. The van der Waals surface area contributed by atoms with E-state index in [1.807, 2.05) is 10.8 Å². The van der Waals surface area contributed by atoms with Crippen molar-refractivity contribution in [3.8, 4) is 0 Å². The molecule has 0 N–H and O–H groups in total. The quantitative estimate of drug-likeness (QED) is 0.189. The maximum atomic E-state index is 4.88. The van der Waals surface area contributed by atoms with Gasteiger partial charge in [0.15, 0.2) is 0 Å². The van der Waals surface area contributed by atoms with Crippen LogP contribution < -0.4 is 0 Å². The highest BCUT2D eigenvalue weighted by molar-refractivity contribution is 8.87. The van der Waals surface area contributed by atoms with E-state index in [0.29, 0.717) is 0 Å². The Morgan fingerprint density at radius 1 is 0.882 bits per heavy atom. The van der Waals surface area contributed by atoms with E-state index in [1.165, 1.54) is 70.0 Å². The standard InChI is InChI=1S/C13H26S4/c1-2-3-4-5-6-7-8-9-10-11-12-16-17-13(14)15/h2-12H2,1H3,(H,14,15). The molecule has 0 aromatic heterocycles. The zero-order valence-electron chi connectivity index (χ0n) is 11.0. The number of unbranched alkanes of at least 4 members (excludes halogenated alkanes) is 9. The van der Waals surface area contributed by atoms with Gasteiger partial charge in [-0.15, -0.1) is 12.6 Å². The Morgan fingerprint density at radius 3 is 1.82 bits per heavy atom. The van der Waals surface area contributed by atoms with Gasteiger partial charge in [0.1, 0.15) is 3.53 Å². The minimum absolute atomic E-state index is 0.752. The second kappa shape index (κ2) is 15.2. The summed E-state index contributed by atoms with van der Waals surface area (Å²) in [6.45, 7) is 2.27. The van der Waals surface area contributed by atoms with Gasteiger partial charge in [-0.05, 0) is 17.2 Å². The molecule has 0 saturated heterocycles. The highest BCUT2D eigenvalue weighted by atomic mass is 33.1. The summed E-state index contributed by atoms with van der Waals surface area (Å²) >= 11 is 8.96. The lowest BCUT2D eigenvalue weighted by Gasteiger charge is -2.02. The van der Waals surface area contributed by atoms with E-state index in [9.17, 15) is 0 Å². The number of thiocarbonyl (C=S) groups is 1. The van der Waals surface area contributed by atoms with Crippen molar-refractivity contribution in [1.82, 2.24) is 0 Å². The monoisotopic (exact) mass is 310 g/mol. The highest BCUT2D eigenvalue weighted by Gasteiger charge is 1.94. The van der Waals surface area contributed by atoms with Crippen LogP contribution in [0.5, 0.6) is 0 Å². The van der Waals surface area contributed by atoms with Crippen molar-refractivity contribution in [3.05, 3.63) is 0 Å². The summed E-state index contributed by atoms with van der Waals surface area (Å²) in [4.78, 5) is 0. The fourth-order valence-electron chi connectivity index (χ4n) is 1.74. The molecule has 0 aromatic carbocycles. The molecule has 0 aromatic rings. The third kappa shape index (κ3) is 17.1. The maximum absolute atomic E-state index is 4.88. The largest absolute Gasteiger partial charge is 0.124 e. The molecule has 4 heteroatoms. The van der Waals surface area contributed by atoms with Crippen LogP contribution in [0.15, 0.2) is 0 Å². The fraction of sp³-hybridized carbons (Fsp3) is 0.923. The van der Waals surface area contributed by atoms with E-state index in [2.05, 4.69) is 19.6 Å². The fourth-order valence-corrected chi connectivity index (χ4v) is 4.06. The molecule has 0 atom stereocenters. The molecule has 0 fully saturated rings. The Kier molecular flexibility index (Phi) is 16.2. The molecule has 0 bridgehead atoms. The number of thiol groups is 1. The summed E-state index contributed by atoms with van der Waals surface area (Å²) < 4.78 is 0.752. The Bertz CT molecular complexity index is 171. The van der Waals surface area contributed by atoms with Crippen molar-refractivity contribution in [2.75, 3.05) is 5.75 Å². The average Bonchev–Trinajstić information content (AvgIpc) is 2.30. The lowest BCUT2D eigenvalue weighted by atomic mass is 10.1. The summed E-state index contributed by atoms with van der Waals surface area (Å²) in [6, 6.07) is 0. The van der Waals surface area contributed by atoms with Crippen LogP contribution in [0.1, 0.15) is 71.1 Å². The van der Waals surface area contributed by atoms with Gasteiger partial charge in [0.2, 0.25) is 0 Å². The molecule has 0 heterocycles. The Balaban J connectivity index is 2.91. The first-order valence-corrected chi connectivity index (χ1v) is 9.97. The molecule has 0 aliphatic rings. The first-order valence-electron chi connectivity index (χ1n) is 6.79. The summed E-state index contributed by atoms with van der Waals surface area (Å²) in [5, 5.41) is 0. The molecule has 0 amide bonds. The normalized spacial score (nSPS) is 10.7. The Morgan fingerprint density at radius 2 is 1.35 bits per heavy atom. The van der Waals surface area contributed by atoms with Crippen LogP contribution in [-0.4, -0.2) is 9.28 Å². The predicted molar refractivity (Wildman–Crippen MR) is 93.5 cm³/mol. The van der Waals surface area contributed by atoms with Gasteiger partial charge >= 0.3 is 0 Å². The SMILES string of the molecule is CCCCCCCCCCCCSSC(=S)S. The van der Waals surface area contributed by atoms with Gasteiger partial charge < -0.3 is 0 Å². The van der Waals surface area contributed by atoms with Crippen molar-refractivity contribution in [2.24, 2.45) is 0 Å². The minimum Gasteiger partial charge on any atom is -0.124 e. The van der Waals surface area contributed by atoms with Gasteiger partial charge in [-0.3, -0.25) is 0 Å². The van der Waals surface area contributed by atoms with Crippen LogP contribution in [0, 0.1) is 0 Å². The van der Waals surface area contributed by atoms with Gasteiger partial charge in [-0.2, -0.15) is 0 Å². The Labute approximate surface area is 126 Å². The predicted octanol–water partition coefficient (Wildman–Crippen LogP) is 6.50. The molecular weight excluding hydrogens is 284 g/mol. The number of hydrogen-bond donors (Lipinski definition) is 1. The maximum Gasteiger partial charge on any atom is 0.111 e. The summed E-state index contributed by atoms with van der Waals surface area (Å²) in [5.74, 6) is 1.21. The summed E-state index contributed by atoms with van der Waals surface area (Å²) in [7, 11) is 3.46. The van der Waals surface area contributed by atoms with Crippen molar-refractivity contribution in [1.29, 1.82) is 0 Å². The third-order valence-corrected chi connectivity index (χ3v) is 5.99. The van der Waals surface area contributed by atoms with Crippen LogP contribution in [0.2, 0.25) is 0 Å². The van der Waals surface area contributed by atoms with E-state index in [1.54, 1.807) is 10.8 Å². The molecule has 0 unspecified atom stereocenters. The summed E-state index contributed by atoms with van der Waals surface area (Å²) in [5.41, 5.74) is 0. The van der Waals surface area contributed by atoms with Gasteiger partial charge in [0, 0.05) is 5.75 Å². The lowest BCUT2D eigenvalue weighted by Crippen LogP contribution is -1.83.